The summed E-state index contributed by atoms with van der Waals surface area (Å²) in [5, 5.41) is 0. The largest absolute Gasteiger partial charge is 0.396 e. The molecule has 0 aliphatic rings. The maximum absolute atomic E-state index is 5.96. The SMILES string of the molecule is CCCCCN(c1ncccc1N)C(C)C. The Balaban J connectivity index is 2.74. The van der Waals surface area contributed by atoms with Crippen LogP contribution in [0.3, 0.4) is 0 Å². The van der Waals surface area contributed by atoms with Gasteiger partial charge >= 0.3 is 0 Å². The van der Waals surface area contributed by atoms with Gasteiger partial charge in [0.05, 0.1) is 5.69 Å². The average molecular weight is 221 g/mol. The first-order valence-corrected chi connectivity index (χ1v) is 6.14. The molecule has 3 heteroatoms. The molecule has 0 atom stereocenters. The van der Waals surface area contributed by atoms with Crippen LogP contribution in [-0.2, 0) is 0 Å². The highest BCUT2D eigenvalue weighted by Gasteiger charge is 2.13. The second kappa shape index (κ2) is 6.36. The number of unbranched alkanes of at least 4 members (excludes halogenated alkanes) is 2. The summed E-state index contributed by atoms with van der Waals surface area (Å²) in [5.41, 5.74) is 6.73. The van der Waals surface area contributed by atoms with Crippen LogP contribution in [0.25, 0.3) is 0 Å². The number of anilines is 2. The minimum Gasteiger partial charge on any atom is -0.396 e. The standard InChI is InChI=1S/C13H23N3/c1-4-5-6-10-16(11(2)3)13-12(14)8-7-9-15-13/h7-9,11H,4-6,10,14H2,1-3H3. The monoisotopic (exact) mass is 221 g/mol. The summed E-state index contributed by atoms with van der Waals surface area (Å²) in [7, 11) is 0. The van der Waals surface area contributed by atoms with Gasteiger partial charge in [-0.25, -0.2) is 4.98 Å². The molecular formula is C13H23N3. The van der Waals surface area contributed by atoms with E-state index in [1.165, 1.54) is 19.3 Å². The summed E-state index contributed by atoms with van der Waals surface area (Å²) in [6.45, 7) is 7.61. The van der Waals surface area contributed by atoms with Crippen LogP contribution in [0.4, 0.5) is 11.5 Å². The number of aromatic nitrogens is 1. The highest BCUT2D eigenvalue weighted by atomic mass is 15.2. The van der Waals surface area contributed by atoms with Gasteiger partial charge in [-0.2, -0.15) is 0 Å². The minimum absolute atomic E-state index is 0.439. The fraction of sp³-hybridized carbons (Fsp3) is 0.615. The van der Waals surface area contributed by atoms with Crippen LogP contribution in [0.2, 0.25) is 0 Å². The van der Waals surface area contributed by atoms with Gasteiger partial charge in [0, 0.05) is 18.8 Å². The predicted molar refractivity (Wildman–Crippen MR) is 70.7 cm³/mol. The first-order valence-electron chi connectivity index (χ1n) is 6.14. The van der Waals surface area contributed by atoms with E-state index in [2.05, 4.69) is 30.7 Å². The van der Waals surface area contributed by atoms with Crippen LogP contribution < -0.4 is 10.6 Å². The Labute approximate surface area is 98.7 Å². The number of nitrogens with two attached hydrogens (primary N) is 1. The highest BCUT2D eigenvalue weighted by Crippen LogP contribution is 2.21. The summed E-state index contributed by atoms with van der Waals surface area (Å²) < 4.78 is 0. The molecule has 0 aliphatic heterocycles. The fourth-order valence-electron chi connectivity index (χ4n) is 1.79. The summed E-state index contributed by atoms with van der Waals surface area (Å²) in [4.78, 5) is 6.66. The molecule has 0 saturated carbocycles. The van der Waals surface area contributed by atoms with E-state index in [0.717, 1.165) is 18.1 Å². The fourth-order valence-corrected chi connectivity index (χ4v) is 1.79. The van der Waals surface area contributed by atoms with Crippen molar-refractivity contribution in [3.63, 3.8) is 0 Å². The van der Waals surface area contributed by atoms with E-state index in [-0.39, 0.29) is 0 Å². The average Bonchev–Trinajstić information content (AvgIpc) is 2.25. The number of pyridine rings is 1. The summed E-state index contributed by atoms with van der Waals surface area (Å²) in [6.07, 6.45) is 5.51. The Kier molecular flexibility index (Phi) is 5.09. The highest BCUT2D eigenvalue weighted by molar-refractivity contribution is 5.62. The van der Waals surface area contributed by atoms with Crippen molar-refractivity contribution in [1.82, 2.24) is 4.98 Å². The van der Waals surface area contributed by atoms with E-state index in [0.29, 0.717) is 6.04 Å². The number of rotatable bonds is 6. The first kappa shape index (κ1) is 12.8. The van der Waals surface area contributed by atoms with Crippen molar-refractivity contribution in [3.05, 3.63) is 18.3 Å². The molecule has 0 fully saturated rings. The molecule has 1 aromatic rings. The van der Waals surface area contributed by atoms with Crippen LogP contribution >= 0.6 is 0 Å². The van der Waals surface area contributed by atoms with Crippen molar-refractivity contribution < 1.29 is 0 Å². The van der Waals surface area contributed by atoms with Crippen molar-refractivity contribution in [3.8, 4) is 0 Å². The number of hydrogen-bond acceptors (Lipinski definition) is 3. The molecule has 0 amide bonds. The molecule has 1 rings (SSSR count). The molecule has 1 heterocycles. The Morgan fingerprint density at radius 1 is 1.38 bits per heavy atom. The third kappa shape index (κ3) is 3.40. The molecule has 0 saturated heterocycles. The zero-order valence-corrected chi connectivity index (χ0v) is 10.6. The van der Waals surface area contributed by atoms with Gasteiger partial charge in [0.15, 0.2) is 5.82 Å². The lowest BCUT2D eigenvalue weighted by atomic mass is 10.2. The molecule has 2 N–H and O–H groups in total. The molecule has 0 aliphatic carbocycles. The van der Waals surface area contributed by atoms with Gasteiger partial charge in [0.25, 0.3) is 0 Å². The summed E-state index contributed by atoms with van der Waals surface area (Å²) in [6, 6.07) is 4.23. The number of nitrogens with zero attached hydrogens (tertiary/aromatic N) is 2. The van der Waals surface area contributed by atoms with Crippen molar-refractivity contribution in [2.45, 2.75) is 46.1 Å². The quantitative estimate of drug-likeness (QED) is 0.751. The Bertz CT molecular complexity index is 310. The molecular weight excluding hydrogens is 198 g/mol. The van der Waals surface area contributed by atoms with Crippen LogP contribution in [0.15, 0.2) is 18.3 Å². The van der Waals surface area contributed by atoms with Gasteiger partial charge in [-0.3, -0.25) is 0 Å². The van der Waals surface area contributed by atoms with Crippen LogP contribution in [-0.4, -0.2) is 17.6 Å². The minimum atomic E-state index is 0.439. The Hall–Kier alpha value is -1.25. The van der Waals surface area contributed by atoms with Crippen molar-refractivity contribution in [2.75, 3.05) is 17.2 Å². The maximum Gasteiger partial charge on any atom is 0.151 e. The van der Waals surface area contributed by atoms with Crippen LogP contribution in [0, 0.1) is 0 Å². The van der Waals surface area contributed by atoms with Crippen LogP contribution in [0.1, 0.15) is 40.0 Å². The van der Waals surface area contributed by atoms with Gasteiger partial charge in [-0.05, 0) is 32.4 Å². The van der Waals surface area contributed by atoms with Gasteiger partial charge in [-0.15, -0.1) is 0 Å². The summed E-state index contributed by atoms with van der Waals surface area (Å²) >= 11 is 0. The molecule has 1 aromatic heterocycles. The molecule has 90 valence electrons. The molecule has 0 spiro atoms. The smallest absolute Gasteiger partial charge is 0.151 e. The van der Waals surface area contributed by atoms with E-state index in [9.17, 15) is 0 Å². The van der Waals surface area contributed by atoms with Gasteiger partial charge in [0.1, 0.15) is 0 Å². The second-order valence-corrected chi connectivity index (χ2v) is 4.41. The Morgan fingerprint density at radius 2 is 2.12 bits per heavy atom. The van der Waals surface area contributed by atoms with Crippen LogP contribution in [0.5, 0.6) is 0 Å². The van der Waals surface area contributed by atoms with Gasteiger partial charge in [-0.1, -0.05) is 19.8 Å². The lowest BCUT2D eigenvalue weighted by Crippen LogP contribution is -2.33. The van der Waals surface area contributed by atoms with Crippen molar-refractivity contribution >= 4 is 11.5 Å². The third-order valence-electron chi connectivity index (χ3n) is 2.71. The van der Waals surface area contributed by atoms with Crippen molar-refractivity contribution in [2.24, 2.45) is 0 Å². The topological polar surface area (TPSA) is 42.2 Å². The van der Waals surface area contributed by atoms with E-state index in [1.54, 1.807) is 6.20 Å². The zero-order chi connectivity index (χ0) is 12.0. The number of hydrogen-bond donors (Lipinski definition) is 1. The van der Waals surface area contributed by atoms with Gasteiger partial charge < -0.3 is 10.6 Å². The maximum atomic E-state index is 5.96. The third-order valence-corrected chi connectivity index (χ3v) is 2.71. The van der Waals surface area contributed by atoms with Gasteiger partial charge in [0.2, 0.25) is 0 Å². The molecule has 0 radical (unpaired) electrons. The zero-order valence-electron chi connectivity index (χ0n) is 10.6. The first-order chi connectivity index (χ1) is 7.66. The lowest BCUT2D eigenvalue weighted by molar-refractivity contribution is 0.620. The predicted octanol–water partition coefficient (Wildman–Crippen LogP) is 3.07. The molecule has 0 aromatic carbocycles. The van der Waals surface area contributed by atoms with E-state index < -0.39 is 0 Å². The number of nitrogen functional groups attached to an aromatic ring is 1. The van der Waals surface area contributed by atoms with E-state index in [4.69, 9.17) is 5.73 Å². The summed E-state index contributed by atoms with van der Waals surface area (Å²) in [5.74, 6) is 0.925. The van der Waals surface area contributed by atoms with E-state index in [1.807, 2.05) is 12.1 Å². The van der Waals surface area contributed by atoms with E-state index >= 15 is 0 Å². The van der Waals surface area contributed by atoms with Crippen molar-refractivity contribution in [1.29, 1.82) is 0 Å². The molecule has 0 bridgehead atoms. The Morgan fingerprint density at radius 3 is 2.69 bits per heavy atom. The molecule has 0 unspecified atom stereocenters. The molecule has 16 heavy (non-hydrogen) atoms. The second-order valence-electron chi connectivity index (χ2n) is 4.41. The lowest BCUT2D eigenvalue weighted by Gasteiger charge is -2.28. The normalized spacial score (nSPS) is 10.8. The molecule has 3 nitrogen and oxygen atoms in total.